The Labute approximate surface area is 106 Å². The third-order valence-corrected chi connectivity index (χ3v) is 2.41. The maximum absolute atomic E-state index is 12.8. The van der Waals surface area contributed by atoms with Crippen molar-refractivity contribution in [1.82, 2.24) is 0 Å². The molecule has 0 N–H and O–H groups in total. The van der Waals surface area contributed by atoms with Crippen molar-refractivity contribution in [2.45, 2.75) is 6.18 Å². The SMILES string of the molecule is COc1cc(C(=O)CCl)cc(C#N)c1C(F)(F)F. The molecule has 0 aliphatic carbocycles. The van der Waals surface area contributed by atoms with E-state index in [1.165, 1.54) is 6.07 Å². The van der Waals surface area contributed by atoms with E-state index in [0.717, 1.165) is 19.2 Å². The molecule has 0 aliphatic rings. The van der Waals surface area contributed by atoms with Crippen molar-refractivity contribution < 1.29 is 22.7 Å². The summed E-state index contributed by atoms with van der Waals surface area (Å²) in [6.45, 7) is 0. The average Bonchev–Trinajstić information content (AvgIpc) is 2.34. The number of carbonyl (C=O) groups is 1. The van der Waals surface area contributed by atoms with Crippen LogP contribution < -0.4 is 4.74 Å². The van der Waals surface area contributed by atoms with Crippen molar-refractivity contribution in [3.8, 4) is 11.8 Å². The van der Waals surface area contributed by atoms with Crippen LogP contribution >= 0.6 is 11.6 Å². The number of nitriles is 1. The van der Waals surface area contributed by atoms with Gasteiger partial charge in [0.2, 0.25) is 0 Å². The maximum Gasteiger partial charge on any atom is 0.421 e. The molecule has 0 saturated carbocycles. The molecular formula is C11H7ClF3NO2. The first-order chi connectivity index (χ1) is 8.35. The second kappa shape index (κ2) is 5.27. The van der Waals surface area contributed by atoms with Crippen LogP contribution in [0, 0.1) is 11.3 Å². The van der Waals surface area contributed by atoms with Crippen molar-refractivity contribution in [2.75, 3.05) is 13.0 Å². The Morgan fingerprint density at radius 2 is 2.11 bits per heavy atom. The van der Waals surface area contributed by atoms with Crippen LogP contribution in [0.1, 0.15) is 21.5 Å². The molecule has 0 saturated heterocycles. The summed E-state index contributed by atoms with van der Waals surface area (Å²) in [5.41, 5.74) is -1.96. The molecule has 96 valence electrons. The lowest BCUT2D eigenvalue weighted by Crippen LogP contribution is -2.12. The Morgan fingerprint density at radius 1 is 1.50 bits per heavy atom. The van der Waals surface area contributed by atoms with E-state index >= 15 is 0 Å². The number of nitrogens with zero attached hydrogens (tertiary/aromatic N) is 1. The number of hydrogen-bond acceptors (Lipinski definition) is 3. The van der Waals surface area contributed by atoms with Gasteiger partial charge in [0.05, 0.1) is 24.6 Å². The molecule has 0 radical (unpaired) electrons. The van der Waals surface area contributed by atoms with E-state index in [9.17, 15) is 18.0 Å². The average molecular weight is 278 g/mol. The lowest BCUT2D eigenvalue weighted by atomic mass is 10.0. The normalized spacial score (nSPS) is 10.9. The lowest BCUT2D eigenvalue weighted by molar-refractivity contribution is -0.139. The van der Waals surface area contributed by atoms with Gasteiger partial charge in [0, 0.05) is 5.56 Å². The van der Waals surface area contributed by atoms with Gasteiger partial charge in [-0.2, -0.15) is 18.4 Å². The van der Waals surface area contributed by atoms with Gasteiger partial charge >= 0.3 is 6.18 Å². The molecule has 0 bridgehead atoms. The second-order valence-electron chi connectivity index (χ2n) is 3.27. The second-order valence-corrected chi connectivity index (χ2v) is 3.53. The standard InChI is InChI=1S/C11H7ClF3NO2/c1-18-9-3-6(8(17)4-12)2-7(5-16)10(9)11(13,14)15/h2-3H,4H2,1H3. The predicted octanol–water partition coefficient (Wildman–Crippen LogP) is 3.01. The summed E-state index contributed by atoms with van der Waals surface area (Å²) in [6.07, 6.45) is -4.74. The highest BCUT2D eigenvalue weighted by molar-refractivity contribution is 6.30. The van der Waals surface area contributed by atoms with Crippen LogP contribution in [0.5, 0.6) is 5.75 Å². The van der Waals surface area contributed by atoms with Gasteiger partial charge in [0.15, 0.2) is 5.78 Å². The van der Waals surface area contributed by atoms with Crippen molar-refractivity contribution in [3.63, 3.8) is 0 Å². The molecule has 1 aromatic carbocycles. The Hall–Kier alpha value is -1.74. The summed E-state index contributed by atoms with van der Waals surface area (Å²) >= 11 is 5.31. The smallest absolute Gasteiger partial charge is 0.421 e. The number of Topliss-reactive ketones (excluding diaryl/α,β-unsaturated/α-hetero) is 1. The Morgan fingerprint density at radius 3 is 2.50 bits per heavy atom. The van der Waals surface area contributed by atoms with Gasteiger partial charge in [-0.1, -0.05) is 0 Å². The van der Waals surface area contributed by atoms with Crippen LogP contribution in [0.25, 0.3) is 0 Å². The van der Waals surface area contributed by atoms with Crippen molar-refractivity contribution in [1.29, 1.82) is 5.26 Å². The highest BCUT2D eigenvalue weighted by Gasteiger charge is 2.38. The van der Waals surface area contributed by atoms with Gasteiger partial charge < -0.3 is 4.74 Å². The van der Waals surface area contributed by atoms with Gasteiger partial charge in [-0.15, -0.1) is 11.6 Å². The predicted molar refractivity (Wildman–Crippen MR) is 57.8 cm³/mol. The molecule has 3 nitrogen and oxygen atoms in total. The summed E-state index contributed by atoms with van der Waals surface area (Å²) < 4.78 is 42.8. The highest BCUT2D eigenvalue weighted by Crippen LogP contribution is 2.39. The molecule has 7 heteroatoms. The Balaban J connectivity index is 3.56. The summed E-state index contributed by atoms with van der Waals surface area (Å²) in [6, 6.07) is 3.18. The quantitative estimate of drug-likeness (QED) is 0.630. The molecule has 1 rings (SSSR count). The first-order valence-electron chi connectivity index (χ1n) is 4.63. The number of carbonyl (C=O) groups excluding carboxylic acids is 1. The number of rotatable bonds is 3. The summed E-state index contributed by atoms with van der Waals surface area (Å²) in [7, 11) is 1.03. The Bertz CT molecular complexity index is 520. The monoisotopic (exact) mass is 277 g/mol. The van der Waals surface area contributed by atoms with E-state index in [-0.39, 0.29) is 11.4 Å². The number of hydrogen-bond donors (Lipinski definition) is 0. The number of methoxy groups -OCH3 is 1. The van der Waals surface area contributed by atoms with Crippen molar-refractivity contribution in [3.05, 3.63) is 28.8 Å². The third kappa shape index (κ3) is 2.74. The van der Waals surface area contributed by atoms with Gasteiger partial charge in [-0.3, -0.25) is 4.79 Å². The number of alkyl halides is 4. The summed E-state index contributed by atoms with van der Waals surface area (Å²) in [5.74, 6) is -1.55. The zero-order valence-electron chi connectivity index (χ0n) is 9.14. The van der Waals surface area contributed by atoms with E-state index in [1.54, 1.807) is 0 Å². The van der Waals surface area contributed by atoms with Crippen LogP contribution in [0.3, 0.4) is 0 Å². The van der Waals surface area contributed by atoms with Crippen molar-refractivity contribution in [2.24, 2.45) is 0 Å². The molecule has 0 aliphatic heterocycles. The number of ether oxygens (including phenoxy) is 1. The maximum atomic E-state index is 12.8. The minimum Gasteiger partial charge on any atom is -0.496 e. The molecule has 0 amide bonds. The molecule has 1 aromatic rings. The minimum atomic E-state index is -4.74. The fourth-order valence-electron chi connectivity index (χ4n) is 1.40. The van der Waals surface area contributed by atoms with Crippen LogP contribution in [0.15, 0.2) is 12.1 Å². The molecule has 0 atom stereocenters. The molecule has 18 heavy (non-hydrogen) atoms. The first kappa shape index (κ1) is 14.3. The number of benzene rings is 1. The lowest BCUT2D eigenvalue weighted by Gasteiger charge is -2.14. The topological polar surface area (TPSA) is 50.1 Å². The van der Waals surface area contributed by atoms with Crippen LogP contribution in [0.2, 0.25) is 0 Å². The van der Waals surface area contributed by atoms with Crippen LogP contribution in [0.4, 0.5) is 13.2 Å². The number of halogens is 4. The molecule has 0 spiro atoms. The van der Waals surface area contributed by atoms with Gasteiger partial charge in [-0.25, -0.2) is 0 Å². The molecule has 0 heterocycles. The van der Waals surface area contributed by atoms with E-state index < -0.39 is 28.8 Å². The van der Waals surface area contributed by atoms with Crippen molar-refractivity contribution >= 4 is 17.4 Å². The summed E-state index contributed by atoms with van der Waals surface area (Å²) in [4.78, 5) is 11.3. The third-order valence-electron chi connectivity index (χ3n) is 2.17. The molecule has 0 fully saturated rings. The first-order valence-corrected chi connectivity index (χ1v) is 5.17. The molecule has 0 aromatic heterocycles. The zero-order chi connectivity index (χ0) is 13.9. The molecule has 0 unspecified atom stereocenters. The van der Waals surface area contributed by atoms with E-state index in [0.29, 0.717) is 0 Å². The minimum absolute atomic E-state index is 0.0913. The van der Waals surface area contributed by atoms with Crippen LogP contribution in [-0.4, -0.2) is 18.8 Å². The van der Waals surface area contributed by atoms with Crippen LogP contribution in [-0.2, 0) is 6.18 Å². The van der Waals surface area contributed by atoms with Gasteiger partial charge in [0.25, 0.3) is 0 Å². The fourth-order valence-corrected chi connectivity index (χ4v) is 1.55. The largest absolute Gasteiger partial charge is 0.496 e. The Kier molecular flexibility index (Phi) is 4.19. The summed E-state index contributed by atoms with van der Waals surface area (Å²) in [5, 5.41) is 8.73. The highest BCUT2D eigenvalue weighted by atomic mass is 35.5. The number of ketones is 1. The van der Waals surface area contributed by atoms with Gasteiger partial charge in [-0.05, 0) is 12.1 Å². The van der Waals surface area contributed by atoms with Gasteiger partial charge in [0.1, 0.15) is 11.3 Å². The van der Waals surface area contributed by atoms with E-state index in [1.807, 2.05) is 0 Å². The van der Waals surface area contributed by atoms with E-state index in [2.05, 4.69) is 4.74 Å². The van der Waals surface area contributed by atoms with E-state index in [4.69, 9.17) is 16.9 Å². The zero-order valence-corrected chi connectivity index (χ0v) is 9.89. The fraction of sp³-hybridized carbons (Fsp3) is 0.273. The molecular weight excluding hydrogens is 271 g/mol.